The van der Waals surface area contributed by atoms with Crippen LogP contribution in [0.2, 0.25) is 0 Å². The molecule has 0 aliphatic carbocycles. The summed E-state index contributed by atoms with van der Waals surface area (Å²) in [6.07, 6.45) is 1.81. The minimum Gasteiger partial charge on any atom is -0.387 e. The van der Waals surface area contributed by atoms with E-state index >= 15 is 0 Å². The van der Waals surface area contributed by atoms with Crippen molar-refractivity contribution in [3.8, 4) is 11.3 Å². The van der Waals surface area contributed by atoms with Crippen molar-refractivity contribution >= 4 is 17.7 Å². The molecule has 0 spiro atoms. The molecule has 0 radical (unpaired) electrons. The quantitative estimate of drug-likeness (QED) is 0.796. The highest BCUT2D eigenvalue weighted by molar-refractivity contribution is 7.99. The summed E-state index contributed by atoms with van der Waals surface area (Å²) in [4.78, 5) is 12.3. The molecule has 3 N–H and O–H groups in total. The lowest BCUT2D eigenvalue weighted by atomic mass is 10.0. The van der Waals surface area contributed by atoms with E-state index in [1.165, 1.54) is 12.3 Å². The molecule has 1 amide bonds. The molecule has 0 saturated carbocycles. The summed E-state index contributed by atoms with van der Waals surface area (Å²) in [6, 6.07) is 3.47. The predicted molar refractivity (Wildman–Crippen MR) is 83.2 cm³/mol. The van der Waals surface area contributed by atoms with Gasteiger partial charge in [-0.2, -0.15) is 16.9 Å². The zero-order valence-electron chi connectivity index (χ0n) is 12.1. The van der Waals surface area contributed by atoms with Crippen molar-refractivity contribution in [3.63, 3.8) is 0 Å². The number of aliphatic hydroxyl groups is 1. The highest BCUT2D eigenvalue weighted by Crippen LogP contribution is 2.28. The second kappa shape index (κ2) is 6.29. The van der Waals surface area contributed by atoms with E-state index in [0.29, 0.717) is 12.2 Å². The number of aromatic amines is 1. The molecule has 1 aromatic heterocycles. The van der Waals surface area contributed by atoms with Crippen LogP contribution in [-0.2, 0) is 0 Å². The Hall–Kier alpha value is -1.93. The number of amides is 1. The van der Waals surface area contributed by atoms with Gasteiger partial charge in [-0.15, -0.1) is 0 Å². The van der Waals surface area contributed by atoms with Gasteiger partial charge in [0, 0.05) is 12.3 Å². The minimum atomic E-state index is -0.937. The Balaban J connectivity index is 1.82. The first kappa shape index (κ1) is 15.9. The van der Waals surface area contributed by atoms with Crippen molar-refractivity contribution in [1.82, 2.24) is 15.5 Å². The van der Waals surface area contributed by atoms with E-state index in [1.807, 2.05) is 0 Å². The summed E-state index contributed by atoms with van der Waals surface area (Å²) >= 11 is 1.62. The number of hydrogen-bond acceptors (Lipinski definition) is 4. The molecule has 1 fully saturated rings. The number of thioether (sulfide) groups is 1. The fourth-order valence-corrected chi connectivity index (χ4v) is 3.76. The summed E-state index contributed by atoms with van der Waals surface area (Å²) < 4.78 is 27.8. The molecule has 122 valence electrons. The van der Waals surface area contributed by atoms with Gasteiger partial charge in [-0.1, -0.05) is 6.07 Å². The van der Waals surface area contributed by atoms with E-state index < -0.39 is 23.1 Å². The molecule has 8 heteroatoms. The van der Waals surface area contributed by atoms with Crippen molar-refractivity contribution in [2.75, 3.05) is 18.1 Å². The number of carbonyl (C=O) groups is 1. The van der Waals surface area contributed by atoms with Crippen molar-refractivity contribution < 1.29 is 18.7 Å². The lowest BCUT2D eigenvalue weighted by Crippen LogP contribution is -2.43. The van der Waals surface area contributed by atoms with Gasteiger partial charge in [0.15, 0.2) is 0 Å². The van der Waals surface area contributed by atoms with Crippen LogP contribution >= 0.6 is 11.8 Å². The Morgan fingerprint density at radius 1 is 1.43 bits per heavy atom. The Labute approximate surface area is 135 Å². The lowest BCUT2D eigenvalue weighted by molar-refractivity contribution is 0.0613. The number of aromatic nitrogens is 2. The maximum absolute atomic E-state index is 13.9. The van der Waals surface area contributed by atoms with Crippen LogP contribution in [0.15, 0.2) is 24.4 Å². The second-order valence-electron chi connectivity index (χ2n) is 5.46. The first-order valence-electron chi connectivity index (χ1n) is 7.06. The summed E-state index contributed by atoms with van der Waals surface area (Å²) in [5, 5.41) is 19.0. The normalized spacial score (nSPS) is 20.7. The Bertz CT molecular complexity index is 709. The average molecular weight is 339 g/mol. The largest absolute Gasteiger partial charge is 0.387 e. The van der Waals surface area contributed by atoms with Gasteiger partial charge < -0.3 is 10.4 Å². The zero-order valence-corrected chi connectivity index (χ0v) is 12.9. The van der Waals surface area contributed by atoms with Gasteiger partial charge in [0.2, 0.25) is 0 Å². The van der Waals surface area contributed by atoms with Gasteiger partial charge in [0.05, 0.1) is 28.6 Å². The van der Waals surface area contributed by atoms with Gasteiger partial charge in [-0.05, 0) is 24.3 Å². The number of H-pyrrole nitrogens is 1. The molecule has 1 saturated heterocycles. The molecule has 23 heavy (non-hydrogen) atoms. The molecule has 1 unspecified atom stereocenters. The van der Waals surface area contributed by atoms with Crippen LogP contribution in [0.5, 0.6) is 0 Å². The Morgan fingerprint density at radius 2 is 2.17 bits per heavy atom. The third-order valence-corrected chi connectivity index (χ3v) is 4.99. The molecular weight excluding hydrogens is 324 g/mol. The first-order valence-corrected chi connectivity index (χ1v) is 8.22. The van der Waals surface area contributed by atoms with E-state index in [2.05, 4.69) is 15.5 Å². The van der Waals surface area contributed by atoms with Crippen molar-refractivity contribution in [3.05, 3.63) is 41.6 Å². The lowest BCUT2D eigenvalue weighted by Gasteiger charge is -2.21. The monoisotopic (exact) mass is 339 g/mol. The van der Waals surface area contributed by atoms with Crippen LogP contribution in [-0.4, -0.2) is 44.9 Å². The molecule has 1 aliphatic rings. The number of nitrogens with one attached hydrogen (secondary N) is 2. The Kier molecular flexibility index (Phi) is 4.36. The highest BCUT2D eigenvalue weighted by atomic mass is 32.2. The number of halogens is 2. The summed E-state index contributed by atoms with van der Waals surface area (Å²) in [6.45, 7) is 0.0865. The third kappa shape index (κ3) is 3.23. The molecule has 5 nitrogen and oxygen atoms in total. The molecule has 3 rings (SSSR count). The number of nitrogens with zero attached hydrogens (tertiary/aromatic N) is 1. The molecule has 1 aliphatic heterocycles. The van der Waals surface area contributed by atoms with E-state index in [-0.39, 0.29) is 23.4 Å². The van der Waals surface area contributed by atoms with Crippen LogP contribution in [0.4, 0.5) is 8.78 Å². The van der Waals surface area contributed by atoms with E-state index in [4.69, 9.17) is 0 Å². The van der Waals surface area contributed by atoms with Crippen LogP contribution < -0.4 is 5.32 Å². The third-order valence-electron chi connectivity index (χ3n) is 3.76. The van der Waals surface area contributed by atoms with E-state index in [0.717, 1.165) is 17.9 Å². The fourth-order valence-electron chi connectivity index (χ4n) is 2.46. The van der Waals surface area contributed by atoms with Crippen LogP contribution in [0.25, 0.3) is 11.3 Å². The second-order valence-corrected chi connectivity index (χ2v) is 6.57. The molecule has 1 aromatic carbocycles. The van der Waals surface area contributed by atoms with Crippen molar-refractivity contribution in [2.45, 2.75) is 12.0 Å². The molecule has 2 aromatic rings. The molecular formula is C15H15F2N3O2S. The zero-order chi connectivity index (χ0) is 16.4. The minimum absolute atomic E-state index is 0.0223. The van der Waals surface area contributed by atoms with Crippen LogP contribution in [0.1, 0.15) is 16.8 Å². The number of rotatable bonds is 4. The van der Waals surface area contributed by atoms with Gasteiger partial charge in [0.1, 0.15) is 11.6 Å². The SMILES string of the molecule is O=C(NCC1(O)CCSC1)c1cn[nH]c1-c1c(F)cccc1F. The van der Waals surface area contributed by atoms with Crippen molar-refractivity contribution in [1.29, 1.82) is 0 Å². The van der Waals surface area contributed by atoms with Gasteiger partial charge >= 0.3 is 0 Å². The van der Waals surface area contributed by atoms with Gasteiger partial charge in [0.25, 0.3) is 5.91 Å². The number of carbonyl (C=O) groups excluding carboxylic acids is 1. The highest BCUT2D eigenvalue weighted by Gasteiger charge is 2.32. The predicted octanol–water partition coefficient (Wildman–Crippen LogP) is 1.95. The standard InChI is InChI=1S/C15H15F2N3O2S/c16-10-2-1-3-11(17)12(10)13-9(6-19-20-13)14(21)18-7-15(22)4-5-23-8-15/h1-3,6,22H,4-5,7-8H2,(H,18,21)(H,19,20). The smallest absolute Gasteiger partial charge is 0.255 e. The average Bonchev–Trinajstić information content (AvgIpc) is 3.15. The van der Waals surface area contributed by atoms with Gasteiger partial charge in [-0.25, -0.2) is 8.78 Å². The summed E-state index contributed by atoms with van der Waals surface area (Å²) in [5.41, 5.74) is -1.26. The maximum Gasteiger partial charge on any atom is 0.255 e. The van der Waals surface area contributed by atoms with Crippen LogP contribution in [0, 0.1) is 11.6 Å². The summed E-state index contributed by atoms with van der Waals surface area (Å²) in [5.74, 6) is -0.720. The molecule has 0 bridgehead atoms. The first-order chi connectivity index (χ1) is 11.0. The molecule has 2 heterocycles. The van der Waals surface area contributed by atoms with Crippen molar-refractivity contribution in [2.24, 2.45) is 0 Å². The van der Waals surface area contributed by atoms with Gasteiger partial charge in [-0.3, -0.25) is 9.89 Å². The Morgan fingerprint density at radius 3 is 2.83 bits per heavy atom. The fraction of sp³-hybridized carbons (Fsp3) is 0.333. The topological polar surface area (TPSA) is 78.0 Å². The van der Waals surface area contributed by atoms with E-state index in [1.54, 1.807) is 11.8 Å². The van der Waals surface area contributed by atoms with Crippen LogP contribution in [0.3, 0.4) is 0 Å². The summed E-state index contributed by atoms with van der Waals surface area (Å²) in [7, 11) is 0. The number of hydrogen-bond donors (Lipinski definition) is 3. The molecule has 1 atom stereocenters. The number of benzene rings is 1. The van der Waals surface area contributed by atoms with E-state index in [9.17, 15) is 18.7 Å². The maximum atomic E-state index is 13.9.